The zero-order valence-corrected chi connectivity index (χ0v) is 14.0. The molecule has 1 aliphatic rings. The Kier molecular flexibility index (Phi) is 5.65. The largest absolute Gasteiger partial charge is 0.497 e. The molecule has 0 aromatic heterocycles. The molecular formula is C18H30N2O. The van der Waals surface area contributed by atoms with Gasteiger partial charge in [-0.1, -0.05) is 26.0 Å². The minimum absolute atomic E-state index is 0.264. The van der Waals surface area contributed by atoms with Gasteiger partial charge in [-0.15, -0.1) is 0 Å². The molecule has 118 valence electrons. The lowest BCUT2D eigenvalue weighted by atomic mass is 9.92. The van der Waals surface area contributed by atoms with Crippen LogP contribution < -0.4 is 10.1 Å². The van der Waals surface area contributed by atoms with E-state index in [0.717, 1.165) is 31.8 Å². The molecule has 0 radical (unpaired) electrons. The first-order valence-corrected chi connectivity index (χ1v) is 8.22. The minimum atomic E-state index is 0.264. The molecule has 3 nitrogen and oxygen atoms in total. The molecule has 0 aliphatic carbocycles. The molecule has 1 aliphatic heterocycles. The number of ether oxygens (including phenoxy) is 1. The third-order valence-electron chi connectivity index (χ3n) is 4.91. The molecule has 1 N–H and O–H groups in total. The Morgan fingerprint density at radius 2 is 2.19 bits per heavy atom. The highest BCUT2D eigenvalue weighted by Gasteiger charge is 2.33. The van der Waals surface area contributed by atoms with Crippen molar-refractivity contribution >= 4 is 0 Å². The Labute approximate surface area is 129 Å². The van der Waals surface area contributed by atoms with Gasteiger partial charge in [-0.25, -0.2) is 0 Å². The third-order valence-corrected chi connectivity index (χ3v) is 4.91. The van der Waals surface area contributed by atoms with Crippen molar-refractivity contribution in [2.24, 2.45) is 0 Å². The van der Waals surface area contributed by atoms with Gasteiger partial charge >= 0.3 is 0 Å². The summed E-state index contributed by atoms with van der Waals surface area (Å²) in [5, 5.41) is 3.73. The van der Waals surface area contributed by atoms with Crippen LogP contribution in [0.15, 0.2) is 24.3 Å². The summed E-state index contributed by atoms with van der Waals surface area (Å²) in [5.74, 6) is 0.957. The summed E-state index contributed by atoms with van der Waals surface area (Å²) in [6, 6.07) is 9.11. The summed E-state index contributed by atoms with van der Waals surface area (Å²) in [6.07, 6.45) is 3.48. The first-order chi connectivity index (χ1) is 10.1. The molecule has 0 saturated carbocycles. The summed E-state index contributed by atoms with van der Waals surface area (Å²) in [4.78, 5) is 2.67. The summed E-state index contributed by atoms with van der Waals surface area (Å²) >= 11 is 0. The van der Waals surface area contributed by atoms with Gasteiger partial charge in [-0.3, -0.25) is 4.90 Å². The zero-order valence-electron chi connectivity index (χ0n) is 14.0. The van der Waals surface area contributed by atoms with Crippen molar-refractivity contribution in [3.63, 3.8) is 0 Å². The molecule has 0 spiro atoms. The SMILES string of the molecule is CCC1CNC(C)(CC)CN1CCc1cccc(OC)c1. The van der Waals surface area contributed by atoms with Gasteiger partial charge in [0.25, 0.3) is 0 Å². The Hall–Kier alpha value is -1.06. The highest BCUT2D eigenvalue weighted by atomic mass is 16.5. The molecule has 1 aromatic rings. The quantitative estimate of drug-likeness (QED) is 0.871. The smallest absolute Gasteiger partial charge is 0.119 e. The van der Waals surface area contributed by atoms with Gasteiger partial charge in [0.05, 0.1) is 7.11 Å². The Bertz CT molecular complexity index is 449. The zero-order chi connectivity index (χ0) is 15.3. The van der Waals surface area contributed by atoms with Crippen LogP contribution in [-0.4, -0.2) is 43.2 Å². The summed E-state index contributed by atoms with van der Waals surface area (Å²) in [5.41, 5.74) is 1.63. The predicted octanol–water partition coefficient (Wildman–Crippen LogP) is 3.09. The third kappa shape index (κ3) is 4.21. The van der Waals surface area contributed by atoms with Crippen molar-refractivity contribution in [3.8, 4) is 5.75 Å². The van der Waals surface area contributed by atoms with Crippen LogP contribution in [0.5, 0.6) is 5.75 Å². The number of hydrogen-bond acceptors (Lipinski definition) is 3. The topological polar surface area (TPSA) is 24.5 Å². The average Bonchev–Trinajstić information content (AvgIpc) is 2.53. The number of nitrogens with zero attached hydrogens (tertiary/aromatic N) is 1. The van der Waals surface area contributed by atoms with E-state index in [4.69, 9.17) is 4.74 Å². The fraction of sp³-hybridized carbons (Fsp3) is 0.667. The fourth-order valence-electron chi connectivity index (χ4n) is 3.13. The molecule has 1 fully saturated rings. The molecule has 1 heterocycles. The van der Waals surface area contributed by atoms with E-state index in [1.165, 1.54) is 18.4 Å². The van der Waals surface area contributed by atoms with Gasteiger partial charge < -0.3 is 10.1 Å². The van der Waals surface area contributed by atoms with E-state index in [1.54, 1.807) is 7.11 Å². The molecule has 0 amide bonds. The van der Waals surface area contributed by atoms with Crippen molar-refractivity contribution in [1.29, 1.82) is 0 Å². The van der Waals surface area contributed by atoms with E-state index in [9.17, 15) is 0 Å². The molecule has 21 heavy (non-hydrogen) atoms. The molecule has 1 saturated heterocycles. The first kappa shape index (κ1) is 16.3. The minimum Gasteiger partial charge on any atom is -0.497 e. The highest BCUT2D eigenvalue weighted by molar-refractivity contribution is 5.28. The van der Waals surface area contributed by atoms with Crippen molar-refractivity contribution in [2.45, 2.75) is 51.6 Å². The van der Waals surface area contributed by atoms with Crippen LogP contribution in [0, 0.1) is 0 Å². The maximum atomic E-state index is 5.32. The van der Waals surface area contributed by atoms with Crippen LogP contribution in [-0.2, 0) is 6.42 Å². The fourth-order valence-corrected chi connectivity index (χ4v) is 3.13. The van der Waals surface area contributed by atoms with Crippen LogP contribution in [0.25, 0.3) is 0 Å². The number of piperazine rings is 1. The van der Waals surface area contributed by atoms with Crippen LogP contribution >= 0.6 is 0 Å². The molecular weight excluding hydrogens is 260 g/mol. The van der Waals surface area contributed by atoms with Crippen LogP contribution in [0.2, 0.25) is 0 Å². The maximum Gasteiger partial charge on any atom is 0.119 e. The second-order valence-corrected chi connectivity index (χ2v) is 6.43. The predicted molar refractivity (Wildman–Crippen MR) is 89.0 cm³/mol. The Balaban J connectivity index is 1.98. The highest BCUT2D eigenvalue weighted by Crippen LogP contribution is 2.21. The molecule has 1 aromatic carbocycles. The van der Waals surface area contributed by atoms with Gasteiger partial charge in [-0.05, 0) is 43.9 Å². The van der Waals surface area contributed by atoms with Crippen molar-refractivity contribution in [2.75, 3.05) is 26.7 Å². The number of hydrogen-bond donors (Lipinski definition) is 1. The van der Waals surface area contributed by atoms with Crippen LogP contribution in [0.4, 0.5) is 0 Å². The lowest BCUT2D eigenvalue weighted by Gasteiger charge is -2.46. The number of rotatable bonds is 6. The van der Waals surface area contributed by atoms with E-state index >= 15 is 0 Å². The number of nitrogens with one attached hydrogen (secondary N) is 1. The van der Waals surface area contributed by atoms with E-state index in [-0.39, 0.29) is 5.54 Å². The Morgan fingerprint density at radius 3 is 2.86 bits per heavy atom. The summed E-state index contributed by atoms with van der Waals surface area (Å²) < 4.78 is 5.32. The summed E-state index contributed by atoms with van der Waals surface area (Å²) in [7, 11) is 1.73. The molecule has 3 heteroatoms. The first-order valence-electron chi connectivity index (χ1n) is 8.22. The summed E-state index contributed by atoms with van der Waals surface area (Å²) in [6.45, 7) is 10.3. The van der Waals surface area contributed by atoms with Gasteiger partial charge in [0.2, 0.25) is 0 Å². The molecule has 2 unspecified atom stereocenters. The monoisotopic (exact) mass is 290 g/mol. The van der Waals surface area contributed by atoms with Gasteiger partial charge in [0, 0.05) is 31.2 Å². The van der Waals surface area contributed by atoms with E-state index < -0.39 is 0 Å². The van der Waals surface area contributed by atoms with Gasteiger partial charge in [0.1, 0.15) is 5.75 Å². The second-order valence-electron chi connectivity index (χ2n) is 6.43. The van der Waals surface area contributed by atoms with E-state index in [1.807, 2.05) is 6.07 Å². The lowest BCUT2D eigenvalue weighted by molar-refractivity contribution is 0.0832. The van der Waals surface area contributed by atoms with Crippen LogP contribution in [0.3, 0.4) is 0 Å². The molecule has 2 rings (SSSR count). The number of benzene rings is 1. The van der Waals surface area contributed by atoms with Crippen LogP contribution in [0.1, 0.15) is 39.2 Å². The van der Waals surface area contributed by atoms with Gasteiger partial charge in [0.15, 0.2) is 0 Å². The van der Waals surface area contributed by atoms with Crippen molar-refractivity contribution < 1.29 is 4.74 Å². The Morgan fingerprint density at radius 1 is 1.38 bits per heavy atom. The lowest BCUT2D eigenvalue weighted by Crippen LogP contribution is -2.62. The standard InChI is InChI=1S/C18H30N2O/c1-5-16-13-19-18(3,6-2)14-20(16)11-10-15-8-7-9-17(12-15)21-4/h7-9,12,16,19H,5-6,10-11,13-14H2,1-4H3. The molecule has 2 atom stereocenters. The maximum absolute atomic E-state index is 5.32. The number of methoxy groups -OCH3 is 1. The average molecular weight is 290 g/mol. The van der Waals surface area contributed by atoms with E-state index in [0.29, 0.717) is 6.04 Å². The normalized spacial score (nSPS) is 26.8. The van der Waals surface area contributed by atoms with E-state index in [2.05, 4.69) is 49.2 Å². The second kappa shape index (κ2) is 7.28. The van der Waals surface area contributed by atoms with Gasteiger partial charge in [-0.2, -0.15) is 0 Å². The van der Waals surface area contributed by atoms with Crippen molar-refractivity contribution in [1.82, 2.24) is 10.2 Å². The van der Waals surface area contributed by atoms with Crippen molar-refractivity contribution in [3.05, 3.63) is 29.8 Å². The molecule has 0 bridgehead atoms.